The molecule has 0 amide bonds. The van der Waals surface area contributed by atoms with Crippen molar-refractivity contribution in [3.05, 3.63) is 0 Å². The number of rotatable bonds is 10. The Hall–Kier alpha value is -0.120. The van der Waals surface area contributed by atoms with Crippen molar-refractivity contribution in [1.29, 1.82) is 0 Å². The van der Waals surface area contributed by atoms with Crippen molar-refractivity contribution in [3.8, 4) is 0 Å². The molecule has 2 atom stereocenters. The first-order valence-corrected chi connectivity index (χ1v) is 9.68. The Morgan fingerprint density at radius 1 is 1.32 bits per heavy atom. The van der Waals surface area contributed by atoms with Gasteiger partial charge in [-0.3, -0.25) is 4.99 Å². The highest BCUT2D eigenvalue weighted by molar-refractivity contribution is 14.0. The lowest BCUT2D eigenvalue weighted by atomic mass is 10.1. The quantitative estimate of drug-likeness (QED) is 0.223. The maximum Gasteiger partial charge on any atom is 0.190 e. The Morgan fingerprint density at radius 2 is 2.20 bits per heavy atom. The SMILES string of the molecule is CCCN1CCC(CNC(=NC)NCCCOCC2CCCO2)C1.I. The lowest BCUT2D eigenvalue weighted by Crippen LogP contribution is -2.40. The summed E-state index contributed by atoms with van der Waals surface area (Å²) < 4.78 is 11.2. The molecule has 0 spiro atoms. The van der Waals surface area contributed by atoms with Crippen LogP contribution in [0.4, 0.5) is 0 Å². The molecule has 2 fully saturated rings. The van der Waals surface area contributed by atoms with Crippen molar-refractivity contribution >= 4 is 29.9 Å². The van der Waals surface area contributed by atoms with Gasteiger partial charge in [-0.2, -0.15) is 0 Å². The summed E-state index contributed by atoms with van der Waals surface area (Å²) in [6.07, 6.45) is 6.17. The van der Waals surface area contributed by atoms with Crippen molar-refractivity contribution in [2.45, 2.75) is 45.1 Å². The minimum absolute atomic E-state index is 0. The third kappa shape index (κ3) is 9.40. The molecular weight excluding hydrogens is 431 g/mol. The van der Waals surface area contributed by atoms with Crippen LogP contribution in [0.5, 0.6) is 0 Å². The minimum Gasteiger partial charge on any atom is -0.379 e. The second kappa shape index (κ2) is 14.0. The van der Waals surface area contributed by atoms with Gasteiger partial charge in [0.15, 0.2) is 5.96 Å². The first kappa shape index (κ1) is 22.9. The number of ether oxygens (including phenoxy) is 2. The predicted molar refractivity (Wildman–Crippen MR) is 114 cm³/mol. The minimum atomic E-state index is 0. The fraction of sp³-hybridized carbons (Fsp3) is 0.944. The molecule has 2 N–H and O–H groups in total. The van der Waals surface area contributed by atoms with E-state index in [4.69, 9.17) is 9.47 Å². The van der Waals surface area contributed by atoms with Gasteiger partial charge in [-0.25, -0.2) is 0 Å². The zero-order valence-electron chi connectivity index (χ0n) is 16.0. The van der Waals surface area contributed by atoms with Crippen LogP contribution in [0.1, 0.15) is 39.0 Å². The van der Waals surface area contributed by atoms with Crippen molar-refractivity contribution in [3.63, 3.8) is 0 Å². The van der Waals surface area contributed by atoms with E-state index in [2.05, 4.69) is 27.4 Å². The molecule has 2 aliphatic heterocycles. The Balaban J connectivity index is 0.00000312. The van der Waals surface area contributed by atoms with Crippen LogP contribution >= 0.6 is 24.0 Å². The molecule has 0 aromatic rings. The number of hydrogen-bond acceptors (Lipinski definition) is 4. The summed E-state index contributed by atoms with van der Waals surface area (Å²) >= 11 is 0. The summed E-state index contributed by atoms with van der Waals surface area (Å²) in [5.41, 5.74) is 0. The standard InChI is InChI=1S/C18H36N4O2.HI/c1-3-9-22-10-7-16(14-22)13-21-18(19-2)20-8-5-11-23-15-17-6-4-12-24-17;/h16-17H,3-15H2,1-2H3,(H2,19,20,21);1H. The number of aliphatic imine (C=N–C) groups is 1. The van der Waals surface area contributed by atoms with Crippen LogP contribution < -0.4 is 10.6 Å². The fourth-order valence-corrected chi connectivity index (χ4v) is 3.43. The first-order chi connectivity index (χ1) is 11.8. The molecule has 2 heterocycles. The Morgan fingerprint density at radius 3 is 2.92 bits per heavy atom. The maximum atomic E-state index is 5.68. The molecule has 2 aliphatic rings. The number of hydrogen-bond donors (Lipinski definition) is 2. The van der Waals surface area contributed by atoms with Gasteiger partial charge in [-0.05, 0) is 51.1 Å². The summed E-state index contributed by atoms with van der Waals surface area (Å²) in [7, 11) is 1.83. The zero-order chi connectivity index (χ0) is 17.0. The van der Waals surface area contributed by atoms with Gasteiger partial charge in [0.05, 0.1) is 12.7 Å². The predicted octanol–water partition coefficient (Wildman–Crippen LogP) is 2.09. The van der Waals surface area contributed by atoms with E-state index in [1.807, 2.05) is 7.05 Å². The van der Waals surface area contributed by atoms with Crippen LogP contribution in [0, 0.1) is 5.92 Å². The van der Waals surface area contributed by atoms with Gasteiger partial charge in [0, 0.05) is 39.9 Å². The zero-order valence-corrected chi connectivity index (χ0v) is 18.3. The molecule has 0 aromatic heterocycles. The van der Waals surface area contributed by atoms with Gasteiger partial charge in [0.25, 0.3) is 0 Å². The van der Waals surface area contributed by atoms with Crippen molar-refractivity contribution in [1.82, 2.24) is 15.5 Å². The van der Waals surface area contributed by atoms with Crippen LogP contribution in [-0.4, -0.2) is 76.6 Å². The Kier molecular flexibility index (Phi) is 12.8. The molecule has 2 saturated heterocycles. The summed E-state index contributed by atoms with van der Waals surface area (Å²) in [4.78, 5) is 6.87. The van der Waals surface area contributed by atoms with Crippen LogP contribution in [-0.2, 0) is 9.47 Å². The number of nitrogens with one attached hydrogen (secondary N) is 2. The van der Waals surface area contributed by atoms with Crippen molar-refractivity contribution < 1.29 is 9.47 Å². The topological polar surface area (TPSA) is 58.1 Å². The third-order valence-corrected chi connectivity index (χ3v) is 4.78. The first-order valence-electron chi connectivity index (χ1n) is 9.68. The number of guanidine groups is 1. The van der Waals surface area contributed by atoms with E-state index < -0.39 is 0 Å². The van der Waals surface area contributed by atoms with Crippen molar-refractivity contribution in [2.24, 2.45) is 10.9 Å². The molecule has 2 unspecified atom stereocenters. The van der Waals surface area contributed by atoms with E-state index in [1.165, 1.54) is 38.9 Å². The van der Waals surface area contributed by atoms with Crippen LogP contribution in [0.3, 0.4) is 0 Å². The van der Waals surface area contributed by atoms with E-state index in [0.29, 0.717) is 6.10 Å². The Labute approximate surface area is 170 Å². The van der Waals surface area contributed by atoms with Gasteiger partial charge in [-0.15, -0.1) is 24.0 Å². The third-order valence-electron chi connectivity index (χ3n) is 4.78. The molecular formula is C18H37IN4O2. The van der Waals surface area contributed by atoms with E-state index in [0.717, 1.165) is 57.6 Å². The normalized spacial score (nSPS) is 24.3. The molecule has 2 rings (SSSR count). The van der Waals surface area contributed by atoms with E-state index >= 15 is 0 Å². The number of nitrogens with zero attached hydrogens (tertiary/aromatic N) is 2. The molecule has 0 aromatic carbocycles. The molecule has 25 heavy (non-hydrogen) atoms. The lowest BCUT2D eigenvalue weighted by molar-refractivity contribution is 0.0168. The summed E-state index contributed by atoms with van der Waals surface area (Å²) in [5, 5.41) is 6.83. The van der Waals surface area contributed by atoms with Gasteiger partial charge in [0.2, 0.25) is 0 Å². The van der Waals surface area contributed by atoms with Crippen LogP contribution in [0.2, 0.25) is 0 Å². The highest BCUT2D eigenvalue weighted by Crippen LogP contribution is 2.15. The van der Waals surface area contributed by atoms with Gasteiger partial charge in [-0.1, -0.05) is 6.92 Å². The summed E-state index contributed by atoms with van der Waals surface area (Å²) in [6.45, 7) is 10.3. The molecule has 0 aliphatic carbocycles. The van der Waals surface area contributed by atoms with Crippen molar-refractivity contribution in [2.75, 3.05) is 59.6 Å². The second-order valence-corrected chi connectivity index (χ2v) is 6.90. The highest BCUT2D eigenvalue weighted by atomic mass is 127. The highest BCUT2D eigenvalue weighted by Gasteiger charge is 2.21. The summed E-state index contributed by atoms with van der Waals surface area (Å²) in [5.74, 6) is 1.65. The van der Waals surface area contributed by atoms with Gasteiger partial charge < -0.3 is 25.0 Å². The van der Waals surface area contributed by atoms with E-state index in [-0.39, 0.29) is 24.0 Å². The molecule has 7 heteroatoms. The van der Waals surface area contributed by atoms with E-state index in [9.17, 15) is 0 Å². The largest absolute Gasteiger partial charge is 0.379 e. The average Bonchev–Trinajstić information content (AvgIpc) is 3.26. The molecule has 6 nitrogen and oxygen atoms in total. The number of likely N-dealkylation sites (tertiary alicyclic amines) is 1. The Bertz CT molecular complexity index is 365. The second-order valence-electron chi connectivity index (χ2n) is 6.90. The summed E-state index contributed by atoms with van der Waals surface area (Å²) in [6, 6.07) is 0. The molecule has 0 radical (unpaired) electrons. The van der Waals surface area contributed by atoms with E-state index in [1.54, 1.807) is 0 Å². The average molecular weight is 468 g/mol. The molecule has 0 bridgehead atoms. The van der Waals surface area contributed by atoms with Gasteiger partial charge >= 0.3 is 0 Å². The van der Waals surface area contributed by atoms with Gasteiger partial charge in [0.1, 0.15) is 0 Å². The fourth-order valence-electron chi connectivity index (χ4n) is 3.43. The monoisotopic (exact) mass is 468 g/mol. The smallest absolute Gasteiger partial charge is 0.190 e. The van der Waals surface area contributed by atoms with Crippen LogP contribution in [0.15, 0.2) is 4.99 Å². The lowest BCUT2D eigenvalue weighted by Gasteiger charge is -2.17. The molecule has 148 valence electrons. The number of halogens is 1. The molecule has 0 saturated carbocycles. The maximum absolute atomic E-state index is 5.68. The van der Waals surface area contributed by atoms with Crippen LogP contribution in [0.25, 0.3) is 0 Å².